The lowest BCUT2D eigenvalue weighted by Gasteiger charge is -2.00. The van der Waals surface area contributed by atoms with Gasteiger partial charge in [0.25, 0.3) is 0 Å². The average Bonchev–Trinajstić information content (AvgIpc) is 2.78. The van der Waals surface area contributed by atoms with E-state index in [2.05, 4.69) is 33.1 Å². The zero-order valence-corrected chi connectivity index (χ0v) is 11.1. The largest absolute Gasteiger partial charge is 0.350 e. The zero-order chi connectivity index (χ0) is 14.1. The fourth-order valence-corrected chi connectivity index (χ4v) is 2.49. The van der Waals surface area contributed by atoms with Crippen molar-refractivity contribution >= 4 is 10.9 Å². The summed E-state index contributed by atoms with van der Waals surface area (Å²) in [7, 11) is 2.02. The lowest BCUT2D eigenvalue weighted by Crippen LogP contribution is -2.27. The lowest BCUT2D eigenvalue weighted by molar-refractivity contribution is 0.836. The van der Waals surface area contributed by atoms with Crippen molar-refractivity contribution in [3.63, 3.8) is 0 Å². The summed E-state index contributed by atoms with van der Waals surface area (Å²) >= 11 is 0. The van der Waals surface area contributed by atoms with E-state index in [9.17, 15) is 9.59 Å². The molecule has 1 aromatic carbocycles. The minimum atomic E-state index is -0.612. The molecule has 0 atom stereocenters. The molecule has 0 spiro atoms. The maximum atomic E-state index is 11.3. The van der Waals surface area contributed by atoms with E-state index < -0.39 is 11.0 Å². The van der Waals surface area contributed by atoms with Crippen molar-refractivity contribution < 1.29 is 0 Å². The summed E-state index contributed by atoms with van der Waals surface area (Å²) in [6.07, 6.45) is 3.60. The minimum Gasteiger partial charge on any atom is -0.350 e. The van der Waals surface area contributed by atoms with Crippen LogP contribution in [0, 0.1) is 0 Å². The van der Waals surface area contributed by atoms with Crippen LogP contribution >= 0.6 is 0 Å². The molecule has 2 aromatic heterocycles. The molecule has 0 aliphatic heterocycles. The van der Waals surface area contributed by atoms with E-state index in [1.165, 1.54) is 22.5 Å². The van der Waals surface area contributed by atoms with Crippen molar-refractivity contribution in [2.45, 2.75) is 12.8 Å². The number of aryl methyl sites for hydroxylation is 3. The maximum absolute atomic E-state index is 11.3. The van der Waals surface area contributed by atoms with Gasteiger partial charge in [-0.2, -0.15) is 0 Å². The third-order valence-corrected chi connectivity index (χ3v) is 3.51. The molecule has 0 saturated carbocycles. The molecule has 5 heteroatoms. The fourth-order valence-electron chi connectivity index (χ4n) is 2.49. The quantitative estimate of drug-likeness (QED) is 0.704. The molecule has 0 unspecified atom stereocenters. The monoisotopic (exact) mass is 269 g/mol. The number of aromatic amines is 2. The number of para-hydroxylation sites is 1. The lowest BCUT2D eigenvalue weighted by atomic mass is 10.1. The van der Waals surface area contributed by atoms with Gasteiger partial charge >= 0.3 is 5.56 Å². The normalized spacial score (nSPS) is 11.1. The van der Waals surface area contributed by atoms with Gasteiger partial charge < -0.3 is 9.67 Å². The summed E-state index contributed by atoms with van der Waals surface area (Å²) in [5.74, 6) is 0. The number of benzene rings is 1. The zero-order valence-electron chi connectivity index (χ0n) is 11.1. The van der Waals surface area contributed by atoms with E-state index in [-0.39, 0.29) is 0 Å². The minimum absolute atomic E-state index is 0.503. The van der Waals surface area contributed by atoms with Crippen LogP contribution in [0.1, 0.15) is 11.3 Å². The second-order valence-electron chi connectivity index (χ2n) is 4.90. The van der Waals surface area contributed by atoms with Crippen LogP contribution in [0.25, 0.3) is 10.9 Å². The first kappa shape index (κ1) is 12.5. The Morgan fingerprint density at radius 2 is 1.90 bits per heavy atom. The summed E-state index contributed by atoms with van der Waals surface area (Å²) in [4.78, 5) is 22.3. The Kier molecular flexibility index (Phi) is 3.02. The van der Waals surface area contributed by atoms with Crippen LogP contribution in [0.4, 0.5) is 0 Å². The number of rotatable bonds is 3. The van der Waals surface area contributed by atoms with Gasteiger partial charge in [-0.05, 0) is 24.5 Å². The molecule has 0 bridgehead atoms. The van der Waals surface area contributed by atoms with Gasteiger partial charge in [-0.15, -0.1) is 0 Å². The molecule has 102 valence electrons. The Morgan fingerprint density at radius 1 is 1.10 bits per heavy atom. The number of fused-ring (bicyclic) bond motifs is 1. The van der Waals surface area contributed by atoms with Crippen molar-refractivity contribution in [2.24, 2.45) is 7.05 Å². The standard InChI is InChI=1S/C15H15N3O2/c1-18-9-10(12-4-2-3-5-13(12)18)6-7-11-8-14(19)15(20)17-16-11/h2-5,8-9H,6-7H2,1H3,(H,16,19)(H,17,20). The van der Waals surface area contributed by atoms with Crippen molar-refractivity contribution in [3.05, 3.63) is 68.4 Å². The Bertz CT molecular complexity index is 870. The van der Waals surface area contributed by atoms with Crippen LogP contribution < -0.4 is 11.0 Å². The molecule has 3 aromatic rings. The van der Waals surface area contributed by atoms with Crippen molar-refractivity contribution in [2.75, 3.05) is 0 Å². The molecule has 0 aliphatic rings. The Labute approximate surface area is 114 Å². The van der Waals surface area contributed by atoms with Gasteiger partial charge in [-0.1, -0.05) is 18.2 Å². The highest BCUT2D eigenvalue weighted by atomic mass is 16.2. The van der Waals surface area contributed by atoms with Gasteiger partial charge in [-0.25, -0.2) is 0 Å². The fraction of sp³-hybridized carbons (Fsp3) is 0.200. The van der Waals surface area contributed by atoms with Gasteiger partial charge in [0.2, 0.25) is 5.43 Å². The van der Waals surface area contributed by atoms with Crippen LogP contribution in [0.15, 0.2) is 46.1 Å². The highest BCUT2D eigenvalue weighted by Crippen LogP contribution is 2.21. The Morgan fingerprint density at radius 3 is 2.70 bits per heavy atom. The second kappa shape index (κ2) is 4.85. The van der Waals surface area contributed by atoms with Gasteiger partial charge in [0.15, 0.2) is 0 Å². The number of nitrogens with zero attached hydrogens (tertiary/aromatic N) is 1. The SMILES string of the molecule is Cn1cc(CCc2cc(=O)c(=O)[nH][nH]2)c2ccccc21. The summed E-state index contributed by atoms with van der Waals surface area (Å²) in [5, 5.41) is 6.33. The number of hydrogen-bond donors (Lipinski definition) is 2. The predicted molar refractivity (Wildman–Crippen MR) is 78.0 cm³/mol. The van der Waals surface area contributed by atoms with E-state index in [0.717, 1.165) is 12.1 Å². The van der Waals surface area contributed by atoms with Crippen LogP contribution in [-0.4, -0.2) is 14.8 Å². The molecule has 2 N–H and O–H groups in total. The predicted octanol–water partition coefficient (Wildman–Crippen LogP) is 1.34. The second-order valence-corrected chi connectivity index (χ2v) is 4.90. The summed E-state index contributed by atoms with van der Waals surface area (Å²) < 4.78 is 2.10. The molecular weight excluding hydrogens is 254 g/mol. The van der Waals surface area contributed by atoms with Gasteiger partial charge in [0.05, 0.1) is 0 Å². The van der Waals surface area contributed by atoms with Crippen LogP contribution in [0.2, 0.25) is 0 Å². The van der Waals surface area contributed by atoms with Gasteiger partial charge in [0.1, 0.15) is 0 Å². The average molecular weight is 269 g/mol. The first-order valence-corrected chi connectivity index (χ1v) is 6.49. The molecule has 2 heterocycles. The first-order valence-electron chi connectivity index (χ1n) is 6.49. The highest BCUT2D eigenvalue weighted by molar-refractivity contribution is 5.83. The van der Waals surface area contributed by atoms with E-state index in [1.54, 1.807) is 0 Å². The Balaban J connectivity index is 1.88. The molecule has 20 heavy (non-hydrogen) atoms. The van der Waals surface area contributed by atoms with Crippen molar-refractivity contribution in [1.82, 2.24) is 14.8 Å². The van der Waals surface area contributed by atoms with E-state index >= 15 is 0 Å². The Hall–Kier alpha value is -2.56. The molecule has 5 nitrogen and oxygen atoms in total. The number of H-pyrrole nitrogens is 2. The molecule has 0 saturated heterocycles. The van der Waals surface area contributed by atoms with Gasteiger partial charge in [-0.3, -0.25) is 14.7 Å². The highest BCUT2D eigenvalue weighted by Gasteiger charge is 2.06. The third-order valence-electron chi connectivity index (χ3n) is 3.51. The molecule has 0 aliphatic carbocycles. The third kappa shape index (κ3) is 2.18. The number of hydrogen-bond acceptors (Lipinski definition) is 2. The smallest absolute Gasteiger partial charge is 0.310 e. The number of nitrogens with one attached hydrogen (secondary N) is 2. The van der Waals surface area contributed by atoms with Crippen LogP contribution in [0.5, 0.6) is 0 Å². The molecule has 0 radical (unpaired) electrons. The van der Waals surface area contributed by atoms with Crippen molar-refractivity contribution in [1.29, 1.82) is 0 Å². The maximum Gasteiger partial charge on any atom is 0.310 e. The first-order chi connectivity index (χ1) is 9.65. The van der Waals surface area contributed by atoms with E-state index in [0.29, 0.717) is 6.42 Å². The molecule has 0 amide bonds. The molecule has 0 fully saturated rings. The summed E-state index contributed by atoms with van der Waals surface area (Å²) in [6.45, 7) is 0. The summed E-state index contributed by atoms with van der Waals surface area (Å²) in [5.41, 5.74) is 2.05. The van der Waals surface area contributed by atoms with Crippen molar-refractivity contribution in [3.8, 4) is 0 Å². The van der Waals surface area contributed by atoms with Crippen LogP contribution in [0.3, 0.4) is 0 Å². The van der Waals surface area contributed by atoms with E-state index in [1.807, 2.05) is 19.2 Å². The summed E-state index contributed by atoms with van der Waals surface area (Å²) in [6, 6.07) is 9.59. The topological polar surface area (TPSA) is 70.7 Å². The molecule has 3 rings (SSSR count). The number of aromatic nitrogens is 3. The van der Waals surface area contributed by atoms with E-state index in [4.69, 9.17) is 0 Å². The van der Waals surface area contributed by atoms with Crippen LogP contribution in [-0.2, 0) is 19.9 Å². The molecular formula is C15H15N3O2. The van der Waals surface area contributed by atoms with Gasteiger partial charge in [0, 0.05) is 35.9 Å².